The Balaban J connectivity index is 2.60. The summed E-state index contributed by atoms with van der Waals surface area (Å²) in [5, 5.41) is 3.18. The number of hydrogen-bond donors (Lipinski definition) is 1. The largest absolute Gasteiger partial charge is 0.496 e. The van der Waals surface area contributed by atoms with Crippen LogP contribution in [0.4, 0.5) is 8.78 Å². The number of methoxy groups -OCH3 is 1. The van der Waals surface area contributed by atoms with Crippen molar-refractivity contribution in [3.8, 4) is 5.75 Å². The van der Waals surface area contributed by atoms with Gasteiger partial charge >= 0.3 is 0 Å². The zero-order valence-corrected chi connectivity index (χ0v) is 9.02. The molecule has 84 valence electrons. The van der Waals surface area contributed by atoms with E-state index in [9.17, 15) is 8.78 Å². The lowest BCUT2D eigenvalue weighted by atomic mass is 10.2. The summed E-state index contributed by atoms with van der Waals surface area (Å²) < 4.78 is 28.8. The fraction of sp³-hybridized carbons (Fsp3) is 0.400. The van der Waals surface area contributed by atoms with E-state index in [4.69, 9.17) is 16.3 Å². The first-order valence-electron chi connectivity index (χ1n) is 4.44. The number of alkyl halides is 2. The molecule has 0 aliphatic heterocycles. The molecule has 5 heteroatoms. The molecule has 0 saturated heterocycles. The van der Waals surface area contributed by atoms with Crippen LogP contribution in [0.3, 0.4) is 0 Å². The van der Waals surface area contributed by atoms with Crippen molar-refractivity contribution in [1.29, 1.82) is 0 Å². The van der Waals surface area contributed by atoms with Crippen LogP contribution < -0.4 is 10.1 Å². The van der Waals surface area contributed by atoms with E-state index in [0.717, 1.165) is 5.56 Å². The van der Waals surface area contributed by atoms with Crippen LogP contribution in [0.25, 0.3) is 0 Å². The van der Waals surface area contributed by atoms with Gasteiger partial charge in [0.2, 0.25) is 0 Å². The van der Waals surface area contributed by atoms with Gasteiger partial charge in [0.1, 0.15) is 5.75 Å². The lowest BCUT2D eigenvalue weighted by Crippen LogP contribution is -2.20. The van der Waals surface area contributed by atoms with Crippen molar-refractivity contribution < 1.29 is 13.5 Å². The van der Waals surface area contributed by atoms with Gasteiger partial charge in [-0.25, -0.2) is 8.78 Å². The molecule has 0 aliphatic carbocycles. The highest BCUT2D eigenvalue weighted by atomic mass is 35.5. The summed E-state index contributed by atoms with van der Waals surface area (Å²) in [5.41, 5.74) is 0.808. The monoisotopic (exact) mass is 235 g/mol. The van der Waals surface area contributed by atoms with Crippen molar-refractivity contribution in [2.24, 2.45) is 0 Å². The number of rotatable bonds is 5. The van der Waals surface area contributed by atoms with E-state index in [1.807, 2.05) is 0 Å². The maximum absolute atomic E-state index is 11.9. The van der Waals surface area contributed by atoms with Crippen molar-refractivity contribution >= 4 is 11.6 Å². The minimum Gasteiger partial charge on any atom is -0.496 e. The Morgan fingerprint density at radius 2 is 2.20 bits per heavy atom. The molecular weight excluding hydrogens is 224 g/mol. The third-order valence-corrected chi connectivity index (χ3v) is 2.10. The van der Waals surface area contributed by atoms with Crippen LogP contribution in [0, 0.1) is 0 Å². The van der Waals surface area contributed by atoms with Crippen LogP contribution in [0.2, 0.25) is 5.02 Å². The standard InChI is InChI=1S/C10H12ClF2NO/c1-15-9-4-8(11)3-2-7(9)5-14-6-10(12)13/h2-4,10,14H,5-6H2,1H3. The van der Waals surface area contributed by atoms with Gasteiger partial charge in [-0.05, 0) is 12.1 Å². The van der Waals surface area contributed by atoms with Gasteiger partial charge in [-0.3, -0.25) is 0 Å². The van der Waals surface area contributed by atoms with Crippen molar-refractivity contribution in [3.05, 3.63) is 28.8 Å². The van der Waals surface area contributed by atoms with Crippen LogP contribution >= 0.6 is 11.6 Å². The Kier molecular flexibility index (Phi) is 4.78. The molecule has 0 bridgehead atoms. The van der Waals surface area contributed by atoms with E-state index in [0.29, 0.717) is 17.3 Å². The van der Waals surface area contributed by atoms with Gasteiger partial charge in [0.15, 0.2) is 0 Å². The van der Waals surface area contributed by atoms with E-state index >= 15 is 0 Å². The zero-order chi connectivity index (χ0) is 11.3. The first kappa shape index (κ1) is 12.2. The summed E-state index contributed by atoms with van der Waals surface area (Å²) >= 11 is 5.76. The fourth-order valence-electron chi connectivity index (χ4n) is 1.18. The van der Waals surface area contributed by atoms with Gasteiger partial charge < -0.3 is 10.1 Å². The third kappa shape index (κ3) is 4.01. The number of halogens is 3. The second-order valence-electron chi connectivity index (χ2n) is 2.98. The van der Waals surface area contributed by atoms with E-state index < -0.39 is 6.43 Å². The summed E-state index contributed by atoms with van der Waals surface area (Å²) in [6.07, 6.45) is -2.34. The molecule has 0 unspecified atom stereocenters. The maximum Gasteiger partial charge on any atom is 0.250 e. The van der Waals surface area contributed by atoms with Gasteiger partial charge in [0.05, 0.1) is 13.7 Å². The topological polar surface area (TPSA) is 21.3 Å². The average molecular weight is 236 g/mol. The predicted molar refractivity (Wildman–Crippen MR) is 55.7 cm³/mol. The summed E-state index contributed by atoms with van der Waals surface area (Å²) in [6, 6.07) is 5.10. The average Bonchev–Trinajstić information content (AvgIpc) is 2.19. The quantitative estimate of drug-likeness (QED) is 0.847. The number of hydrogen-bond acceptors (Lipinski definition) is 2. The summed E-state index contributed by atoms with van der Waals surface area (Å²) in [5.74, 6) is 0.601. The van der Waals surface area contributed by atoms with Crippen LogP contribution in [0.15, 0.2) is 18.2 Å². The molecule has 1 rings (SSSR count). The Hall–Kier alpha value is -0.870. The minimum atomic E-state index is -2.34. The molecule has 0 heterocycles. The Bertz CT molecular complexity index is 320. The van der Waals surface area contributed by atoms with Crippen molar-refractivity contribution in [3.63, 3.8) is 0 Å². The van der Waals surface area contributed by atoms with Crippen LogP contribution in [-0.2, 0) is 6.54 Å². The number of nitrogens with one attached hydrogen (secondary N) is 1. The Labute approximate surface area is 92.2 Å². The minimum absolute atomic E-state index is 0.328. The van der Waals surface area contributed by atoms with Crippen LogP contribution in [0.1, 0.15) is 5.56 Å². The normalized spacial score (nSPS) is 10.7. The van der Waals surface area contributed by atoms with E-state index in [-0.39, 0.29) is 6.54 Å². The molecule has 0 aliphatic rings. The molecular formula is C10H12ClF2NO. The SMILES string of the molecule is COc1cc(Cl)ccc1CNCC(F)F. The number of ether oxygens (including phenoxy) is 1. The molecule has 1 aromatic rings. The summed E-state index contributed by atoms with van der Waals surface area (Å²) in [7, 11) is 1.52. The van der Waals surface area contributed by atoms with Crippen molar-refractivity contribution in [1.82, 2.24) is 5.32 Å². The highest BCUT2D eigenvalue weighted by molar-refractivity contribution is 6.30. The van der Waals surface area contributed by atoms with Gasteiger partial charge in [-0.2, -0.15) is 0 Å². The first-order valence-corrected chi connectivity index (χ1v) is 4.82. The van der Waals surface area contributed by atoms with Gasteiger partial charge in [0, 0.05) is 17.1 Å². The van der Waals surface area contributed by atoms with Crippen LogP contribution in [0.5, 0.6) is 5.75 Å². The van der Waals surface area contributed by atoms with Gasteiger partial charge in [-0.1, -0.05) is 17.7 Å². The molecule has 0 radical (unpaired) electrons. The lowest BCUT2D eigenvalue weighted by molar-refractivity contribution is 0.145. The zero-order valence-electron chi connectivity index (χ0n) is 8.27. The van der Waals surface area contributed by atoms with Crippen LogP contribution in [-0.4, -0.2) is 20.1 Å². The summed E-state index contributed by atoms with van der Waals surface area (Å²) in [4.78, 5) is 0. The fourth-order valence-corrected chi connectivity index (χ4v) is 1.34. The molecule has 0 aromatic heterocycles. The molecule has 0 amide bonds. The first-order chi connectivity index (χ1) is 7.13. The number of benzene rings is 1. The van der Waals surface area contributed by atoms with Crippen molar-refractivity contribution in [2.75, 3.05) is 13.7 Å². The predicted octanol–water partition coefficient (Wildman–Crippen LogP) is 2.70. The highest BCUT2D eigenvalue weighted by Gasteiger charge is 2.05. The van der Waals surface area contributed by atoms with E-state index in [2.05, 4.69) is 5.32 Å². The lowest BCUT2D eigenvalue weighted by Gasteiger charge is -2.09. The maximum atomic E-state index is 11.9. The van der Waals surface area contributed by atoms with E-state index in [1.165, 1.54) is 7.11 Å². The van der Waals surface area contributed by atoms with Crippen molar-refractivity contribution in [2.45, 2.75) is 13.0 Å². The molecule has 0 fully saturated rings. The van der Waals surface area contributed by atoms with Gasteiger partial charge in [-0.15, -0.1) is 0 Å². The molecule has 1 N–H and O–H groups in total. The Morgan fingerprint density at radius 3 is 2.80 bits per heavy atom. The molecule has 0 atom stereocenters. The second-order valence-corrected chi connectivity index (χ2v) is 3.41. The summed E-state index contributed by atoms with van der Waals surface area (Å²) in [6.45, 7) is 0.0104. The second kappa shape index (κ2) is 5.88. The molecule has 0 spiro atoms. The molecule has 1 aromatic carbocycles. The highest BCUT2D eigenvalue weighted by Crippen LogP contribution is 2.22. The molecule has 0 saturated carbocycles. The third-order valence-electron chi connectivity index (χ3n) is 1.86. The smallest absolute Gasteiger partial charge is 0.250 e. The molecule has 15 heavy (non-hydrogen) atoms. The van der Waals surface area contributed by atoms with E-state index in [1.54, 1.807) is 18.2 Å². The Morgan fingerprint density at radius 1 is 1.47 bits per heavy atom. The molecule has 2 nitrogen and oxygen atoms in total. The van der Waals surface area contributed by atoms with Gasteiger partial charge in [0.25, 0.3) is 6.43 Å².